The predicted octanol–water partition coefficient (Wildman–Crippen LogP) is 3.62. The van der Waals surface area contributed by atoms with Crippen LogP contribution >= 0.6 is 0 Å². The van der Waals surface area contributed by atoms with Gasteiger partial charge in [-0.05, 0) is 41.1 Å². The molecule has 0 saturated carbocycles. The van der Waals surface area contributed by atoms with Crippen LogP contribution in [-0.2, 0) is 13.1 Å². The Kier molecular flexibility index (Phi) is 5.22. The standard InChI is InChI=1S/C23H25NO5/c1-27-15-6-4-14-5-7-19(25)17(16(14)10-15)11-24-12-18-21(28-2)8-9-22(29-3)23(18)20(26)13-24/h4-10,20,25-26H,11-13H2,1-3H3/t20-/m0/s1. The van der Waals surface area contributed by atoms with E-state index in [1.54, 1.807) is 27.4 Å². The molecule has 0 fully saturated rings. The van der Waals surface area contributed by atoms with E-state index >= 15 is 0 Å². The number of aliphatic hydroxyl groups excluding tert-OH is 1. The Labute approximate surface area is 169 Å². The number of fused-ring (bicyclic) bond motifs is 2. The largest absolute Gasteiger partial charge is 0.508 e. The number of rotatable bonds is 5. The van der Waals surface area contributed by atoms with Gasteiger partial charge in [-0.1, -0.05) is 12.1 Å². The molecule has 0 amide bonds. The van der Waals surface area contributed by atoms with Gasteiger partial charge in [0.15, 0.2) is 0 Å². The van der Waals surface area contributed by atoms with E-state index < -0.39 is 6.10 Å². The van der Waals surface area contributed by atoms with Gasteiger partial charge < -0.3 is 24.4 Å². The van der Waals surface area contributed by atoms with Gasteiger partial charge in [-0.2, -0.15) is 0 Å². The Bertz CT molecular complexity index is 1050. The van der Waals surface area contributed by atoms with Gasteiger partial charge in [0.1, 0.15) is 23.0 Å². The molecular formula is C23H25NO5. The van der Waals surface area contributed by atoms with Crippen LogP contribution in [0.25, 0.3) is 10.8 Å². The molecule has 1 heterocycles. The Morgan fingerprint density at radius 2 is 1.69 bits per heavy atom. The summed E-state index contributed by atoms with van der Waals surface area (Å²) in [6, 6.07) is 13.1. The zero-order chi connectivity index (χ0) is 20.5. The topological polar surface area (TPSA) is 71.4 Å². The Balaban J connectivity index is 1.73. The number of phenols is 1. The summed E-state index contributed by atoms with van der Waals surface area (Å²) in [5, 5.41) is 23.4. The van der Waals surface area contributed by atoms with E-state index in [2.05, 4.69) is 4.90 Å². The van der Waals surface area contributed by atoms with Crippen LogP contribution in [0.5, 0.6) is 23.0 Å². The number of benzene rings is 3. The fraction of sp³-hybridized carbons (Fsp3) is 0.304. The maximum atomic E-state index is 10.8. The first-order valence-corrected chi connectivity index (χ1v) is 9.48. The molecule has 4 rings (SSSR count). The van der Waals surface area contributed by atoms with Crippen molar-refractivity contribution in [3.05, 3.63) is 59.2 Å². The summed E-state index contributed by atoms with van der Waals surface area (Å²) in [5.74, 6) is 2.34. The highest BCUT2D eigenvalue weighted by Crippen LogP contribution is 2.40. The molecule has 1 atom stereocenters. The molecule has 3 aromatic carbocycles. The van der Waals surface area contributed by atoms with Crippen molar-refractivity contribution in [1.29, 1.82) is 0 Å². The van der Waals surface area contributed by atoms with Crippen LogP contribution in [-0.4, -0.2) is 43.0 Å². The summed E-state index contributed by atoms with van der Waals surface area (Å²) in [7, 11) is 4.85. The molecule has 0 aliphatic carbocycles. The molecule has 6 nitrogen and oxygen atoms in total. The lowest BCUT2D eigenvalue weighted by Gasteiger charge is -2.34. The smallest absolute Gasteiger partial charge is 0.125 e. The quantitative estimate of drug-likeness (QED) is 0.688. The number of phenolic OH excluding ortho intramolecular Hbond substituents is 1. The van der Waals surface area contributed by atoms with Crippen molar-refractivity contribution in [2.45, 2.75) is 19.2 Å². The van der Waals surface area contributed by atoms with Crippen LogP contribution in [0, 0.1) is 0 Å². The van der Waals surface area contributed by atoms with Crippen molar-refractivity contribution in [1.82, 2.24) is 4.90 Å². The maximum absolute atomic E-state index is 10.8. The second kappa shape index (κ2) is 7.81. The third kappa shape index (κ3) is 3.45. The highest BCUT2D eigenvalue weighted by molar-refractivity contribution is 5.89. The molecule has 1 aliphatic rings. The number of methoxy groups -OCH3 is 3. The molecule has 3 aromatic rings. The first-order valence-electron chi connectivity index (χ1n) is 9.48. The maximum Gasteiger partial charge on any atom is 0.125 e. The molecule has 6 heteroatoms. The van der Waals surface area contributed by atoms with Crippen molar-refractivity contribution in [2.75, 3.05) is 27.9 Å². The van der Waals surface area contributed by atoms with Crippen molar-refractivity contribution >= 4 is 10.8 Å². The van der Waals surface area contributed by atoms with Gasteiger partial charge in [-0.25, -0.2) is 0 Å². The number of hydrogen-bond acceptors (Lipinski definition) is 6. The minimum Gasteiger partial charge on any atom is -0.508 e. The Morgan fingerprint density at radius 3 is 2.41 bits per heavy atom. The number of aromatic hydroxyl groups is 1. The number of aliphatic hydroxyl groups is 1. The van der Waals surface area contributed by atoms with Gasteiger partial charge >= 0.3 is 0 Å². The van der Waals surface area contributed by atoms with Crippen LogP contribution in [0.2, 0.25) is 0 Å². The summed E-state index contributed by atoms with van der Waals surface area (Å²) < 4.78 is 16.3. The molecule has 29 heavy (non-hydrogen) atoms. The van der Waals surface area contributed by atoms with Gasteiger partial charge in [0.25, 0.3) is 0 Å². The van der Waals surface area contributed by atoms with E-state index in [0.29, 0.717) is 31.1 Å². The van der Waals surface area contributed by atoms with Crippen molar-refractivity contribution in [3.63, 3.8) is 0 Å². The molecule has 0 aromatic heterocycles. The first kappa shape index (κ1) is 19.4. The van der Waals surface area contributed by atoms with E-state index in [9.17, 15) is 10.2 Å². The summed E-state index contributed by atoms with van der Waals surface area (Å²) in [6.45, 7) is 1.48. The third-order valence-electron chi connectivity index (χ3n) is 5.56. The molecule has 152 valence electrons. The van der Waals surface area contributed by atoms with Crippen LogP contribution in [0.3, 0.4) is 0 Å². The molecule has 0 saturated heterocycles. The van der Waals surface area contributed by atoms with Gasteiger partial charge in [0, 0.05) is 36.3 Å². The number of hydrogen-bond donors (Lipinski definition) is 2. The van der Waals surface area contributed by atoms with E-state index in [1.165, 1.54) is 0 Å². The normalized spacial score (nSPS) is 16.5. The fourth-order valence-electron chi connectivity index (χ4n) is 4.13. The number of β-amino-alcohol motifs (C(OH)–C–C–N with tert-alkyl or cyclic N) is 1. The second-order valence-electron chi connectivity index (χ2n) is 7.20. The zero-order valence-electron chi connectivity index (χ0n) is 16.8. The minimum atomic E-state index is -0.713. The lowest BCUT2D eigenvalue weighted by molar-refractivity contribution is 0.0841. The van der Waals surface area contributed by atoms with E-state index in [0.717, 1.165) is 33.2 Å². The van der Waals surface area contributed by atoms with E-state index in [-0.39, 0.29) is 5.75 Å². The van der Waals surface area contributed by atoms with Crippen molar-refractivity contribution in [2.24, 2.45) is 0 Å². The Morgan fingerprint density at radius 1 is 0.966 bits per heavy atom. The van der Waals surface area contributed by atoms with Gasteiger partial charge in [-0.15, -0.1) is 0 Å². The molecule has 0 spiro atoms. The molecule has 1 aliphatic heterocycles. The average Bonchev–Trinajstić information content (AvgIpc) is 2.74. The molecule has 0 unspecified atom stereocenters. The monoisotopic (exact) mass is 395 g/mol. The highest BCUT2D eigenvalue weighted by Gasteiger charge is 2.30. The number of nitrogens with zero attached hydrogens (tertiary/aromatic N) is 1. The van der Waals surface area contributed by atoms with Gasteiger partial charge in [0.05, 0.1) is 27.4 Å². The lowest BCUT2D eigenvalue weighted by Crippen LogP contribution is -2.33. The predicted molar refractivity (Wildman–Crippen MR) is 111 cm³/mol. The molecule has 0 bridgehead atoms. The van der Waals surface area contributed by atoms with Crippen LogP contribution in [0.15, 0.2) is 42.5 Å². The third-order valence-corrected chi connectivity index (χ3v) is 5.56. The van der Waals surface area contributed by atoms with Crippen LogP contribution < -0.4 is 14.2 Å². The molecule has 2 N–H and O–H groups in total. The second-order valence-corrected chi connectivity index (χ2v) is 7.20. The highest BCUT2D eigenvalue weighted by atomic mass is 16.5. The van der Waals surface area contributed by atoms with Crippen LogP contribution in [0.1, 0.15) is 22.8 Å². The molecular weight excluding hydrogens is 370 g/mol. The summed E-state index contributed by atoms with van der Waals surface area (Å²) in [4.78, 5) is 2.10. The van der Waals surface area contributed by atoms with E-state index in [1.807, 2.05) is 36.4 Å². The first-order chi connectivity index (χ1) is 14.0. The fourth-order valence-corrected chi connectivity index (χ4v) is 4.13. The van der Waals surface area contributed by atoms with E-state index in [4.69, 9.17) is 14.2 Å². The van der Waals surface area contributed by atoms with Crippen LogP contribution in [0.4, 0.5) is 0 Å². The average molecular weight is 395 g/mol. The summed E-state index contributed by atoms with van der Waals surface area (Å²) in [5.41, 5.74) is 2.48. The Hall–Kier alpha value is -2.96. The SMILES string of the molecule is COc1ccc2ccc(O)c(CN3Cc4c(OC)ccc(OC)c4[C@@H](O)C3)c2c1. The number of ether oxygens (including phenoxy) is 3. The van der Waals surface area contributed by atoms with Gasteiger partial charge in [-0.3, -0.25) is 4.90 Å². The summed E-state index contributed by atoms with van der Waals surface area (Å²) in [6.07, 6.45) is -0.713. The minimum absolute atomic E-state index is 0.226. The zero-order valence-corrected chi connectivity index (χ0v) is 16.8. The summed E-state index contributed by atoms with van der Waals surface area (Å²) >= 11 is 0. The van der Waals surface area contributed by atoms with Crippen molar-refractivity contribution < 1.29 is 24.4 Å². The van der Waals surface area contributed by atoms with Crippen molar-refractivity contribution in [3.8, 4) is 23.0 Å². The van der Waals surface area contributed by atoms with Gasteiger partial charge in [0.2, 0.25) is 0 Å². The molecule has 0 radical (unpaired) electrons. The lowest BCUT2D eigenvalue weighted by atomic mass is 9.94.